The van der Waals surface area contributed by atoms with Gasteiger partial charge in [-0.15, -0.1) is 22.9 Å². The van der Waals surface area contributed by atoms with Crippen LogP contribution in [0.25, 0.3) is 10.1 Å². The highest BCUT2D eigenvalue weighted by atomic mass is 35.5. The molecule has 0 bridgehead atoms. The van der Waals surface area contributed by atoms with Gasteiger partial charge in [0.2, 0.25) is 0 Å². The van der Waals surface area contributed by atoms with Crippen LogP contribution in [-0.4, -0.2) is 7.11 Å². The van der Waals surface area contributed by atoms with Gasteiger partial charge >= 0.3 is 0 Å². The van der Waals surface area contributed by atoms with E-state index in [1.807, 2.05) is 24.3 Å². The molecule has 1 nitrogen and oxygen atoms in total. The minimum Gasteiger partial charge on any atom is -0.497 e. The van der Waals surface area contributed by atoms with Gasteiger partial charge in [0, 0.05) is 4.70 Å². The SMILES string of the molecule is COc1ccc(C(Cl)c2csc3ccccc23)cc1. The van der Waals surface area contributed by atoms with Crippen LogP contribution in [0, 0.1) is 0 Å². The molecule has 0 saturated carbocycles. The van der Waals surface area contributed by atoms with Crippen molar-refractivity contribution in [2.45, 2.75) is 5.38 Å². The second-order valence-corrected chi connectivity index (χ2v) is 5.67. The molecule has 0 amide bonds. The van der Waals surface area contributed by atoms with Gasteiger partial charge in [-0.3, -0.25) is 0 Å². The molecule has 0 aliphatic rings. The summed E-state index contributed by atoms with van der Waals surface area (Å²) in [6.45, 7) is 0. The van der Waals surface area contributed by atoms with Crippen LogP contribution in [0.4, 0.5) is 0 Å². The maximum Gasteiger partial charge on any atom is 0.118 e. The van der Waals surface area contributed by atoms with Crippen molar-refractivity contribution in [1.29, 1.82) is 0 Å². The van der Waals surface area contributed by atoms with E-state index in [4.69, 9.17) is 16.3 Å². The van der Waals surface area contributed by atoms with Crippen molar-refractivity contribution < 1.29 is 4.74 Å². The third kappa shape index (κ3) is 2.34. The largest absolute Gasteiger partial charge is 0.497 e. The van der Waals surface area contributed by atoms with Gasteiger partial charge in [0.15, 0.2) is 0 Å². The van der Waals surface area contributed by atoms with E-state index in [0.29, 0.717) is 0 Å². The third-order valence-corrected chi connectivity index (χ3v) is 4.66. The molecule has 3 rings (SSSR count). The lowest BCUT2D eigenvalue weighted by molar-refractivity contribution is 0.414. The van der Waals surface area contributed by atoms with Crippen molar-refractivity contribution in [2.75, 3.05) is 7.11 Å². The van der Waals surface area contributed by atoms with Crippen LogP contribution in [0.5, 0.6) is 5.75 Å². The van der Waals surface area contributed by atoms with Gasteiger partial charge in [-0.1, -0.05) is 30.3 Å². The smallest absolute Gasteiger partial charge is 0.118 e. The highest BCUT2D eigenvalue weighted by Gasteiger charge is 2.15. The zero-order valence-electron chi connectivity index (χ0n) is 10.5. The number of rotatable bonds is 3. The zero-order chi connectivity index (χ0) is 13.2. The summed E-state index contributed by atoms with van der Waals surface area (Å²) in [6, 6.07) is 16.3. The molecule has 0 saturated heterocycles. The number of alkyl halides is 1. The van der Waals surface area contributed by atoms with Gasteiger partial charge in [-0.2, -0.15) is 0 Å². The number of hydrogen-bond donors (Lipinski definition) is 0. The van der Waals surface area contributed by atoms with Gasteiger partial charge < -0.3 is 4.74 Å². The highest BCUT2D eigenvalue weighted by molar-refractivity contribution is 7.17. The van der Waals surface area contributed by atoms with E-state index in [1.54, 1.807) is 18.4 Å². The fourth-order valence-corrected chi connectivity index (χ4v) is 3.53. The molecule has 0 aliphatic carbocycles. The van der Waals surface area contributed by atoms with E-state index in [2.05, 4.69) is 29.6 Å². The van der Waals surface area contributed by atoms with E-state index in [9.17, 15) is 0 Å². The molecule has 3 heteroatoms. The number of ether oxygens (including phenoxy) is 1. The van der Waals surface area contributed by atoms with Crippen LogP contribution in [0.15, 0.2) is 53.9 Å². The Morgan fingerprint density at radius 2 is 1.79 bits per heavy atom. The molecule has 1 aromatic heterocycles. The molecule has 1 atom stereocenters. The third-order valence-electron chi connectivity index (χ3n) is 3.19. The number of halogens is 1. The standard InChI is InChI=1S/C16H13ClOS/c1-18-12-8-6-11(7-9-12)16(17)14-10-19-15-5-3-2-4-13(14)15/h2-10,16H,1H3. The predicted octanol–water partition coefficient (Wildman–Crippen LogP) is 5.24. The molecule has 1 unspecified atom stereocenters. The lowest BCUT2D eigenvalue weighted by atomic mass is 10.0. The molecule has 19 heavy (non-hydrogen) atoms. The maximum atomic E-state index is 6.61. The Kier molecular flexibility index (Phi) is 3.45. The van der Waals surface area contributed by atoms with Gasteiger partial charge in [-0.05, 0) is 40.1 Å². The average molecular weight is 289 g/mol. The van der Waals surface area contributed by atoms with Crippen molar-refractivity contribution in [2.24, 2.45) is 0 Å². The monoisotopic (exact) mass is 288 g/mol. The molecular weight excluding hydrogens is 276 g/mol. The van der Waals surface area contributed by atoms with Crippen molar-refractivity contribution in [3.63, 3.8) is 0 Å². The average Bonchev–Trinajstić information content (AvgIpc) is 2.90. The summed E-state index contributed by atoms with van der Waals surface area (Å²) in [5.74, 6) is 0.850. The summed E-state index contributed by atoms with van der Waals surface area (Å²) in [5, 5.41) is 3.26. The second kappa shape index (κ2) is 5.24. The van der Waals surface area contributed by atoms with Gasteiger partial charge in [0.05, 0.1) is 12.5 Å². The van der Waals surface area contributed by atoms with E-state index < -0.39 is 0 Å². The first-order chi connectivity index (χ1) is 9.29. The molecule has 0 aliphatic heterocycles. The molecule has 1 heterocycles. The Bertz CT molecular complexity index is 687. The number of fused-ring (bicyclic) bond motifs is 1. The first kappa shape index (κ1) is 12.5. The number of hydrogen-bond acceptors (Lipinski definition) is 2. The van der Waals surface area contributed by atoms with Crippen molar-refractivity contribution in [3.8, 4) is 5.75 Å². The molecule has 3 aromatic rings. The van der Waals surface area contributed by atoms with Crippen LogP contribution in [0.2, 0.25) is 0 Å². The molecule has 0 N–H and O–H groups in total. The van der Waals surface area contributed by atoms with Crippen LogP contribution in [-0.2, 0) is 0 Å². The topological polar surface area (TPSA) is 9.23 Å². The Morgan fingerprint density at radius 3 is 2.53 bits per heavy atom. The molecule has 96 valence electrons. The number of benzene rings is 2. The lowest BCUT2D eigenvalue weighted by Crippen LogP contribution is -1.92. The Labute approximate surface area is 121 Å². The summed E-state index contributed by atoms with van der Waals surface area (Å²) in [5.41, 5.74) is 2.26. The number of thiophene rings is 1. The fraction of sp³-hybridized carbons (Fsp3) is 0.125. The second-order valence-electron chi connectivity index (χ2n) is 4.32. The molecule has 0 radical (unpaired) electrons. The first-order valence-corrected chi connectivity index (χ1v) is 7.35. The minimum atomic E-state index is -0.123. The Hall–Kier alpha value is -1.51. The first-order valence-electron chi connectivity index (χ1n) is 6.04. The summed E-state index contributed by atoms with van der Waals surface area (Å²) in [6.07, 6.45) is 0. The maximum absolute atomic E-state index is 6.61. The molecular formula is C16H13ClOS. The Morgan fingerprint density at radius 1 is 1.05 bits per heavy atom. The van der Waals surface area contributed by atoms with Crippen LogP contribution < -0.4 is 4.74 Å². The minimum absolute atomic E-state index is 0.123. The summed E-state index contributed by atoms with van der Waals surface area (Å²) in [4.78, 5) is 0. The molecule has 0 spiro atoms. The normalized spacial score (nSPS) is 12.5. The van der Waals surface area contributed by atoms with Crippen molar-refractivity contribution in [1.82, 2.24) is 0 Å². The quantitative estimate of drug-likeness (QED) is 0.599. The summed E-state index contributed by atoms with van der Waals surface area (Å²) < 4.78 is 6.44. The van der Waals surface area contributed by atoms with E-state index in [0.717, 1.165) is 11.3 Å². The van der Waals surface area contributed by atoms with E-state index in [1.165, 1.54) is 15.6 Å². The number of methoxy groups -OCH3 is 1. The highest BCUT2D eigenvalue weighted by Crippen LogP contribution is 2.37. The fourth-order valence-electron chi connectivity index (χ4n) is 2.15. The van der Waals surface area contributed by atoms with Crippen LogP contribution >= 0.6 is 22.9 Å². The van der Waals surface area contributed by atoms with Crippen molar-refractivity contribution >= 4 is 33.0 Å². The lowest BCUT2D eigenvalue weighted by Gasteiger charge is -2.10. The van der Waals surface area contributed by atoms with Crippen molar-refractivity contribution in [3.05, 3.63) is 65.0 Å². The molecule has 2 aromatic carbocycles. The summed E-state index contributed by atoms with van der Waals surface area (Å²) >= 11 is 8.35. The van der Waals surface area contributed by atoms with E-state index >= 15 is 0 Å². The molecule has 0 fully saturated rings. The Balaban J connectivity index is 2.00. The van der Waals surface area contributed by atoms with Crippen LogP contribution in [0.3, 0.4) is 0 Å². The van der Waals surface area contributed by atoms with Gasteiger partial charge in [0.25, 0.3) is 0 Å². The summed E-state index contributed by atoms with van der Waals surface area (Å²) in [7, 11) is 1.67. The predicted molar refractivity (Wildman–Crippen MR) is 82.5 cm³/mol. The van der Waals surface area contributed by atoms with Crippen LogP contribution in [0.1, 0.15) is 16.5 Å². The zero-order valence-corrected chi connectivity index (χ0v) is 12.0. The van der Waals surface area contributed by atoms with E-state index in [-0.39, 0.29) is 5.38 Å². The van der Waals surface area contributed by atoms with Gasteiger partial charge in [0.1, 0.15) is 5.75 Å². The van der Waals surface area contributed by atoms with Gasteiger partial charge in [-0.25, -0.2) is 0 Å².